The number of hydrogen-bond donors (Lipinski definition) is 0. The number of carbonyl (C=O) groups is 2. The predicted octanol–water partition coefficient (Wildman–Crippen LogP) is 4.47. The fourth-order valence-corrected chi connectivity index (χ4v) is 5.42. The molecule has 0 radical (unpaired) electrons. The molecule has 0 N–H and O–H groups in total. The highest BCUT2D eigenvalue weighted by atomic mass is 35.5. The highest BCUT2D eigenvalue weighted by Gasteiger charge is 2.52. The minimum absolute atomic E-state index is 0.0250. The molecule has 154 valence electrons. The average molecular weight is 436 g/mol. The summed E-state index contributed by atoms with van der Waals surface area (Å²) < 4.78 is 11.9. The second kappa shape index (κ2) is 7.60. The predicted molar refractivity (Wildman–Crippen MR) is 109 cm³/mol. The average Bonchev–Trinajstić information content (AvgIpc) is 3.32. The standard InChI is InChI=1S/C22H23Cl2NO4/c23-15-8-7-12(10-16(15)24)19-18-20(26)14-5-1-2-6-17(14)29-21(18)22(27)25(19)11-13-4-3-9-28-13/h7-8,10,13-14,17,19H,1-6,9,11H2. The summed E-state index contributed by atoms with van der Waals surface area (Å²) in [6.45, 7) is 1.14. The van der Waals surface area contributed by atoms with Crippen LogP contribution in [0.3, 0.4) is 0 Å². The van der Waals surface area contributed by atoms with E-state index < -0.39 is 6.04 Å². The fraction of sp³-hybridized carbons (Fsp3) is 0.545. The lowest BCUT2D eigenvalue weighted by Gasteiger charge is -2.35. The summed E-state index contributed by atoms with van der Waals surface area (Å²) in [5, 5.41) is 0.848. The van der Waals surface area contributed by atoms with Gasteiger partial charge in [-0.05, 0) is 49.8 Å². The lowest BCUT2D eigenvalue weighted by molar-refractivity contribution is -0.136. The van der Waals surface area contributed by atoms with E-state index >= 15 is 0 Å². The third-order valence-electron chi connectivity index (χ3n) is 6.54. The zero-order valence-electron chi connectivity index (χ0n) is 16.0. The Hall–Kier alpha value is -1.56. The van der Waals surface area contributed by atoms with Gasteiger partial charge in [-0.25, -0.2) is 0 Å². The van der Waals surface area contributed by atoms with Crippen molar-refractivity contribution in [3.05, 3.63) is 45.1 Å². The van der Waals surface area contributed by atoms with E-state index in [1.807, 2.05) is 6.07 Å². The topological polar surface area (TPSA) is 55.8 Å². The van der Waals surface area contributed by atoms with Crippen molar-refractivity contribution in [2.45, 2.75) is 56.8 Å². The number of rotatable bonds is 3. The van der Waals surface area contributed by atoms with Crippen molar-refractivity contribution >= 4 is 34.9 Å². The number of ether oxygens (including phenoxy) is 2. The van der Waals surface area contributed by atoms with Crippen LogP contribution in [-0.2, 0) is 19.1 Å². The quantitative estimate of drug-likeness (QED) is 0.702. The van der Waals surface area contributed by atoms with Gasteiger partial charge in [-0.15, -0.1) is 0 Å². The van der Waals surface area contributed by atoms with E-state index in [0.29, 0.717) is 28.8 Å². The molecule has 2 fully saturated rings. The number of benzene rings is 1. The summed E-state index contributed by atoms with van der Waals surface area (Å²) in [6, 6.07) is 4.79. The first-order valence-electron chi connectivity index (χ1n) is 10.4. The fourth-order valence-electron chi connectivity index (χ4n) is 5.12. The van der Waals surface area contributed by atoms with Crippen LogP contribution in [0, 0.1) is 5.92 Å². The zero-order valence-corrected chi connectivity index (χ0v) is 17.5. The highest BCUT2D eigenvalue weighted by molar-refractivity contribution is 6.42. The van der Waals surface area contributed by atoms with Crippen LogP contribution in [0.4, 0.5) is 0 Å². The van der Waals surface area contributed by atoms with Gasteiger partial charge in [0.05, 0.1) is 33.7 Å². The van der Waals surface area contributed by atoms with E-state index in [9.17, 15) is 9.59 Å². The van der Waals surface area contributed by atoms with Crippen molar-refractivity contribution in [2.24, 2.45) is 5.92 Å². The van der Waals surface area contributed by atoms with Crippen LogP contribution >= 0.6 is 23.2 Å². The molecule has 1 aliphatic carbocycles. The van der Waals surface area contributed by atoms with Crippen molar-refractivity contribution in [1.29, 1.82) is 0 Å². The van der Waals surface area contributed by atoms with Crippen LogP contribution < -0.4 is 0 Å². The molecule has 3 heterocycles. The first-order chi connectivity index (χ1) is 14.0. The van der Waals surface area contributed by atoms with Crippen molar-refractivity contribution in [3.63, 3.8) is 0 Å². The van der Waals surface area contributed by atoms with Crippen molar-refractivity contribution < 1.29 is 19.1 Å². The number of ketones is 1. The lowest BCUT2D eigenvalue weighted by atomic mass is 9.77. The molecule has 1 aromatic carbocycles. The maximum absolute atomic E-state index is 13.5. The Balaban J connectivity index is 1.57. The molecule has 4 atom stereocenters. The van der Waals surface area contributed by atoms with Crippen LogP contribution in [0.2, 0.25) is 10.0 Å². The molecule has 4 aliphatic rings. The molecule has 0 aromatic heterocycles. The van der Waals surface area contributed by atoms with Gasteiger partial charge in [0.15, 0.2) is 11.5 Å². The number of Topliss-reactive ketones (excluding diaryl/α,β-unsaturated/α-hetero) is 1. The Morgan fingerprint density at radius 1 is 1.03 bits per heavy atom. The van der Waals surface area contributed by atoms with Crippen LogP contribution in [0.1, 0.15) is 50.1 Å². The van der Waals surface area contributed by atoms with Gasteiger partial charge in [-0.2, -0.15) is 0 Å². The monoisotopic (exact) mass is 435 g/mol. The molecular weight excluding hydrogens is 413 g/mol. The second-order valence-corrected chi connectivity index (χ2v) is 9.14. The highest BCUT2D eigenvalue weighted by Crippen LogP contribution is 2.47. The van der Waals surface area contributed by atoms with Crippen LogP contribution in [0.25, 0.3) is 0 Å². The summed E-state index contributed by atoms with van der Waals surface area (Å²) in [6.07, 6.45) is 5.36. The molecule has 0 spiro atoms. The van der Waals surface area contributed by atoms with Gasteiger partial charge < -0.3 is 14.4 Å². The van der Waals surface area contributed by atoms with E-state index in [4.69, 9.17) is 32.7 Å². The molecule has 1 amide bonds. The van der Waals surface area contributed by atoms with Crippen molar-refractivity contribution in [1.82, 2.24) is 4.90 Å². The molecule has 29 heavy (non-hydrogen) atoms. The smallest absolute Gasteiger partial charge is 0.290 e. The maximum Gasteiger partial charge on any atom is 0.290 e. The molecule has 1 saturated heterocycles. The summed E-state index contributed by atoms with van der Waals surface area (Å²) in [7, 11) is 0. The number of hydrogen-bond acceptors (Lipinski definition) is 4. The van der Waals surface area contributed by atoms with Crippen LogP contribution in [0.15, 0.2) is 29.5 Å². The summed E-state index contributed by atoms with van der Waals surface area (Å²) in [5.74, 6) is -0.102. The van der Waals surface area contributed by atoms with Gasteiger partial charge in [0, 0.05) is 13.2 Å². The Morgan fingerprint density at radius 3 is 2.62 bits per heavy atom. The van der Waals surface area contributed by atoms with Gasteiger partial charge in [0.2, 0.25) is 0 Å². The molecule has 0 bridgehead atoms. The summed E-state index contributed by atoms with van der Waals surface area (Å²) >= 11 is 12.4. The van der Waals surface area contributed by atoms with E-state index in [0.717, 1.165) is 44.1 Å². The van der Waals surface area contributed by atoms with E-state index in [2.05, 4.69) is 0 Å². The SMILES string of the molecule is O=C1C2=C(OC3CCCCC13)C(=O)N(CC1CCCO1)C2c1ccc(Cl)c(Cl)c1. The molecule has 4 unspecified atom stereocenters. The number of nitrogens with zero attached hydrogens (tertiary/aromatic N) is 1. The zero-order chi connectivity index (χ0) is 20.1. The normalized spacial score (nSPS) is 31.7. The summed E-state index contributed by atoms with van der Waals surface area (Å²) in [5.41, 5.74) is 1.26. The van der Waals surface area contributed by atoms with E-state index in [1.54, 1.807) is 17.0 Å². The molecule has 5 nitrogen and oxygen atoms in total. The minimum atomic E-state index is -0.508. The third kappa shape index (κ3) is 3.28. The van der Waals surface area contributed by atoms with Gasteiger partial charge in [-0.3, -0.25) is 9.59 Å². The number of carbonyl (C=O) groups excluding carboxylic acids is 2. The van der Waals surface area contributed by atoms with Crippen molar-refractivity contribution in [3.8, 4) is 0 Å². The Morgan fingerprint density at radius 2 is 1.86 bits per heavy atom. The Kier molecular flexibility index (Phi) is 5.09. The number of fused-ring (bicyclic) bond motifs is 1. The van der Waals surface area contributed by atoms with Gasteiger partial charge in [0.1, 0.15) is 6.10 Å². The molecule has 3 aliphatic heterocycles. The van der Waals surface area contributed by atoms with Gasteiger partial charge in [0.25, 0.3) is 5.91 Å². The minimum Gasteiger partial charge on any atom is -0.483 e. The number of amides is 1. The largest absolute Gasteiger partial charge is 0.483 e. The molecule has 1 saturated carbocycles. The first kappa shape index (κ1) is 19.4. The Labute approximate surface area is 179 Å². The second-order valence-electron chi connectivity index (χ2n) is 8.32. The van der Waals surface area contributed by atoms with E-state index in [1.165, 1.54) is 0 Å². The molecular formula is C22H23Cl2NO4. The molecule has 5 rings (SSSR count). The van der Waals surface area contributed by atoms with Crippen LogP contribution in [0.5, 0.6) is 0 Å². The van der Waals surface area contributed by atoms with E-state index in [-0.39, 0.29) is 35.6 Å². The molecule has 1 aromatic rings. The summed E-state index contributed by atoms with van der Waals surface area (Å²) in [4.78, 5) is 28.6. The first-order valence-corrected chi connectivity index (χ1v) is 11.1. The molecule has 7 heteroatoms. The van der Waals surface area contributed by atoms with Crippen molar-refractivity contribution in [2.75, 3.05) is 13.2 Å². The maximum atomic E-state index is 13.5. The van der Waals surface area contributed by atoms with Gasteiger partial charge in [-0.1, -0.05) is 35.7 Å². The lowest BCUT2D eigenvalue weighted by Crippen LogP contribution is -2.39. The number of halogens is 2. The Bertz CT molecular complexity index is 893. The third-order valence-corrected chi connectivity index (χ3v) is 7.28. The van der Waals surface area contributed by atoms with Gasteiger partial charge >= 0.3 is 0 Å². The van der Waals surface area contributed by atoms with Crippen LogP contribution in [-0.4, -0.2) is 41.9 Å².